The summed E-state index contributed by atoms with van der Waals surface area (Å²) in [6.07, 6.45) is 1.01. The third kappa shape index (κ3) is 3.60. The fourth-order valence-corrected chi connectivity index (χ4v) is 2.07. The summed E-state index contributed by atoms with van der Waals surface area (Å²) in [4.78, 5) is 0. The topological polar surface area (TPSA) is 54.9 Å². The summed E-state index contributed by atoms with van der Waals surface area (Å²) in [6, 6.07) is 8.04. The zero-order valence-electron chi connectivity index (χ0n) is 12.0. The molecule has 0 atom stereocenters. The summed E-state index contributed by atoms with van der Waals surface area (Å²) in [6.45, 7) is 6.76. The first-order chi connectivity index (χ1) is 9.60. The molecule has 1 heterocycles. The first-order valence-corrected chi connectivity index (χ1v) is 7.16. The number of hydrogen-bond donors (Lipinski definition) is 2. The molecule has 0 amide bonds. The molecule has 0 aliphatic heterocycles. The molecule has 0 aliphatic rings. The van der Waals surface area contributed by atoms with Crippen molar-refractivity contribution in [3.05, 3.63) is 40.4 Å². The van der Waals surface area contributed by atoms with Crippen molar-refractivity contribution in [2.24, 2.45) is 0 Å². The number of aromatic amines is 1. The Balaban J connectivity index is 2.00. The number of H-pyrrole nitrogens is 1. The second-order valence-corrected chi connectivity index (χ2v) is 5.17. The molecule has 0 bridgehead atoms. The molecule has 5 nitrogen and oxygen atoms in total. The van der Waals surface area contributed by atoms with Gasteiger partial charge in [-0.1, -0.05) is 19.1 Å². The molecule has 0 saturated heterocycles. The molecule has 0 fully saturated rings. The van der Waals surface area contributed by atoms with E-state index in [1.165, 1.54) is 0 Å². The zero-order chi connectivity index (χ0) is 14.5. The van der Waals surface area contributed by atoms with E-state index in [-0.39, 0.29) is 6.10 Å². The minimum absolute atomic E-state index is 0.190. The van der Waals surface area contributed by atoms with Crippen molar-refractivity contribution in [3.8, 4) is 5.75 Å². The van der Waals surface area contributed by atoms with Gasteiger partial charge in [-0.25, -0.2) is 4.68 Å². The van der Waals surface area contributed by atoms with Gasteiger partial charge in [-0.3, -0.25) is 5.10 Å². The van der Waals surface area contributed by atoms with Crippen LogP contribution in [0.25, 0.3) is 0 Å². The third-order valence-corrected chi connectivity index (χ3v) is 3.07. The van der Waals surface area contributed by atoms with Crippen LogP contribution in [0.15, 0.2) is 24.3 Å². The highest BCUT2D eigenvalue weighted by Crippen LogP contribution is 2.14. The van der Waals surface area contributed by atoms with Crippen LogP contribution in [-0.4, -0.2) is 21.0 Å². The minimum atomic E-state index is 0.190. The first kappa shape index (κ1) is 14.6. The Morgan fingerprint density at radius 2 is 2.05 bits per heavy atom. The molecular weight excluding hydrogens is 272 g/mol. The van der Waals surface area contributed by atoms with E-state index >= 15 is 0 Å². The molecule has 1 aromatic carbocycles. The third-order valence-electron chi connectivity index (χ3n) is 2.79. The molecule has 2 rings (SSSR count). The SMILES string of the molecule is CCc1n[nH]c(=S)n1NCc1ccc(OC(C)C)cc1. The molecular formula is C14H20N4OS. The number of nitrogens with zero attached hydrogens (tertiary/aromatic N) is 2. The Hall–Kier alpha value is -1.82. The highest BCUT2D eigenvalue weighted by atomic mass is 32.1. The van der Waals surface area contributed by atoms with Crippen LogP contribution in [-0.2, 0) is 13.0 Å². The van der Waals surface area contributed by atoms with Gasteiger partial charge in [-0.05, 0) is 43.8 Å². The van der Waals surface area contributed by atoms with Crippen LogP contribution in [0.2, 0.25) is 0 Å². The van der Waals surface area contributed by atoms with Gasteiger partial charge in [0.15, 0.2) is 5.82 Å². The summed E-state index contributed by atoms with van der Waals surface area (Å²) in [7, 11) is 0. The van der Waals surface area contributed by atoms with Crippen molar-refractivity contribution in [2.45, 2.75) is 39.8 Å². The Kier molecular flexibility index (Phi) is 4.79. The lowest BCUT2D eigenvalue weighted by Gasteiger charge is -2.11. The van der Waals surface area contributed by atoms with Gasteiger partial charge in [0.2, 0.25) is 4.77 Å². The van der Waals surface area contributed by atoms with E-state index in [0.29, 0.717) is 11.3 Å². The normalized spacial score (nSPS) is 10.8. The predicted molar refractivity (Wildman–Crippen MR) is 82.1 cm³/mol. The van der Waals surface area contributed by atoms with Crippen molar-refractivity contribution in [2.75, 3.05) is 5.43 Å². The maximum Gasteiger partial charge on any atom is 0.214 e. The fourth-order valence-electron chi connectivity index (χ4n) is 1.86. The van der Waals surface area contributed by atoms with Crippen LogP contribution in [0.5, 0.6) is 5.75 Å². The molecule has 2 aromatic rings. The minimum Gasteiger partial charge on any atom is -0.491 e. The molecule has 0 unspecified atom stereocenters. The molecule has 0 aliphatic carbocycles. The van der Waals surface area contributed by atoms with Gasteiger partial charge in [-0.15, -0.1) is 0 Å². The second-order valence-electron chi connectivity index (χ2n) is 4.78. The summed E-state index contributed by atoms with van der Waals surface area (Å²) in [5.74, 6) is 1.78. The lowest BCUT2D eigenvalue weighted by molar-refractivity contribution is 0.242. The predicted octanol–water partition coefficient (Wildman–Crippen LogP) is 3.03. The van der Waals surface area contributed by atoms with E-state index in [1.807, 2.05) is 49.7 Å². The van der Waals surface area contributed by atoms with Crippen LogP contribution in [0.3, 0.4) is 0 Å². The number of aryl methyl sites for hydroxylation is 1. The number of ether oxygens (including phenoxy) is 1. The Morgan fingerprint density at radius 3 is 2.65 bits per heavy atom. The first-order valence-electron chi connectivity index (χ1n) is 6.76. The number of benzene rings is 1. The molecule has 2 N–H and O–H groups in total. The van der Waals surface area contributed by atoms with Crippen molar-refractivity contribution < 1.29 is 4.74 Å². The maximum absolute atomic E-state index is 5.62. The van der Waals surface area contributed by atoms with Crippen molar-refractivity contribution >= 4 is 12.2 Å². The van der Waals surface area contributed by atoms with E-state index in [2.05, 4.69) is 15.6 Å². The maximum atomic E-state index is 5.62. The Bertz CT molecular complexity index is 600. The summed E-state index contributed by atoms with van der Waals surface area (Å²) in [5, 5.41) is 6.94. The van der Waals surface area contributed by atoms with Crippen LogP contribution < -0.4 is 10.2 Å². The van der Waals surface area contributed by atoms with Gasteiger partial charge >= 0.3 is 0 Å². The van der Waals surface area contributed by atoms with Gasteiger partial charge in [0.05, 0.1) is 12.6 Å². The average molecular weight is 292 g/mol. The highest BCUT2D eigenvalue weighted by molar-refractivity contribution is 7.71. The summed E-state index contributed by atoms with van der Waals surface area (Å²) >= 11 is 5.19. The van der Waals surface area contributed by atoms with E-state index in [1.54, 1.807) is 0 Å². The van der Waals surface area contributed by atoms with E-state index < -0.39 is 0 Å². The van der Waals surface area contributed by atoms with Gasteiger partial charge in [-0.2, -0.15) is 5.10 Å². The zero-order valence-corrected chi connectivity index (χ0v) is 12.8. The molecule has 0 radical (unpaired) electrons. The molecule has 108 valence electrons. The van der Waals surface area contributed by atoms with Crippen molar-refractivity contribution in [3.63, 3.8) is 0 Å². The van der Waals surface area contributed by atoms with E-state index in [0.717, 1.165) is 23.6 Å². The van der Waals surface area contributed by atoms with Gasteiger partial charge < -0.3 is 10.2 Å². The smallest absolute Gasteiger partial charge is 0.214 e. The van der Waals surface area contributed by atoms with Crippen LogP contribution in [0, 0.1) is 4.77 Å². The summed E-state index contributed by atoms with van der Waals surface area (Å²) in [5.41, 5.74) is 4.43. The van der Waals surface area contributed by atoms with E-state index in [4.69, 9.17) is 17.0 Å². The number of rotatable bonds is 6. The van der Waals surface area contributed by atoms with Crippen molar-refractivity contribution in [1.29, 1.82) is 0 Å². The molecule has 6 heteroatoms. The van der Waals surface area contributed by atoms with Gasteiger partial charge in [0, 0.05) is 6.42 Å². The van der Waals surface area contributed by atoms with Crippen LogP contribution in [0.1, 0.15) is 32.2 Å². The quantitative estimate of drug-likeness (QED) is 0.804. The van der Waals surface area contributed by atoms with Gasteiger partial charge in [0.25, 0.3) is 0 Å². The monoisotopic (exact) mass is 292 g/mol. The molecule has 0 saturated carbocycles. The molecule has 1 aromatic heterocycles. The Labute approximate surface area is 123 Å². The standard InChI is InChI=1S/C14H20N4OS/c1-4-13-16-17-14(20)18(13)15-9-11-5-7-12(8-6-11)19-10(2)3/h5-8,10,15H,4,9H2,1-3H3,(H,17,20). The molecule has 20 heavy (non-hydrogen) atoms. The van der Waals surface area contributed by atoms with Crippen molar-refractivity contribution in [1.82, 2.24) is 14.9 Å². The lowest BCUT2D eigenvalue weighted by atomic mass is 10.2. The van der Waals surface area contributed by atoms with Crippen LogP contribution >= 0.6 is 12.2 Å². The highest BCUT2D eigenvalue weighted by Gasteiger charge is 2.03. The number of aromatic nitrogens is 3. The summed E-state index contributed by atoms with van der Waals surface area (Å²) < 4.78 is 8.02. The Morgan fingerprint density at radius 1 is 1.35 bits per heavy atom. The second kappa shape index (κ2) is 6.56. The lowest BCUT2D eigenvalue weighted by Crippen LogP contribution is -2.17. The van der Waals surface area contributed by atoms with Gasteiger partial charge in [0.1, 0.15) is 5.75 Å². The number of hydrogen-bond acceptors (Lipinski definition) is 4. The number of nitrogens with one attached hydrogen (secondary N) is 2. The molecule has 0 spiro atoms. The largest absolute Gasteiger partial charge is 0.491 e. The average Bonchev–Trinajstić information content (AvgIpc) is 2.78. The van der Waals surface area contributed by atoms with E-state index in [9.17, 15) is 0 Å². The fraction of sp³-hybridized carbons (Fsp3) is 0.429. The van der Waals surface area contributed by atoms with Crippen LogP contribution in [0.4, 0.5) is 0 Å².